The molecule has 11 heavy (non-hydrogen) atoms. The van der Waals surface area contributed by atoms with Crippen LogP contribution < -0.4 is 34.7 Å². The zero-order valence-corrected chi connectivity index (χ0v) is 9.24. The van der Waals surface area contributed by atoms with Crippen molar-refractivity contribution >= 4 is 16.9 Å². The monoisotopic (exact) mass is 282 g/mol. The summed E-state index contributed by atoms with van der Waals surface area (Å²) in [6, 6.07) is 0. The number of hydrogen-bond donors (Lipinski definition) is 1. The van der Waals surface area contributed by atoms with Crippen LogP contribution >= 0.6 is 11.8 Å². The van der Waals surface area contributed by atoms with Crippen molar-refractivity contribution in [2.45, 2.75) is 25.7 Å². The molecule has 0 aromatic rings. The molecule has 0 bridgehead atoms. The first-order valence-corrected chi connectivity index (χ1v) is 4.48. The van der Waals surface area contributed by atoms with Crippen molar-refractivity contribution in [3.63, 3.8) is 0 Å². The molecule has 61 valence electrons. The summed E-state index contributed by atoms with van der Waals surface area (Å²) in [6.07, 6.45) is 5.08. The highest BCUT2D eigenvalue weighted by molar-refractivity contribution is 8.16. The second kappa shape index (κ2) is 3.91. The Kier molecular flexibility index (Phi) is 3.39. The fourth-order valence-electron chi connectivity index (χ4n) is 1.41. The van der Waals surface area contributed by atoms with Gasteiger partial charge in [0.15, 0.2) is 0 Å². The van der Waals surface area contributed by atoms with E-state index >= 15 is 0 Å². The normalized spacial score (nSPS) is 22.5. The molecule has 1 aliphatic carbocycles. The van der Waals surface area contributed by atoms with E-state index in [9.17, 15) is 0 Å². The van der Waals surface area contributed by atoms with Crippen molar-refractivity contribution in [3.05, 3.63) is 10.6 Å². The number of amidine groups is 1. The Morgan fingerprint density at radius 1 is 1.27 bits per heavy atom. The van der Waals surface area contributed by atoms with Crippen molar-refractivity contribution < 1.29 is 29.7 Å². The van der Waals surface area contributed by atoms with Crippen LogP contribution in [0.1, 0.15) is 25.7 Å². The van der Waals surface area contributed by atoms with E-state index in [1.54, 1.807) is 11.8 Å². The van der Waals surface area contributed by atoms with Crippen molar-refractivity contribution in [2.24, 2.45) is 0 Å². The third kappa shape index (κ3) is 1.97. The van der Waals surface area contributed by atoms with E-state index in [0.29, 0.717) is 0 Å². The molecule has 2 rings (SSSR count). The van der Waals surface area contributed by atoms with Crippen LogP contribution in [0.5, 0.6) is 0 Å². The number of aliphatic imine (C=N–C) groups is 1. The fraction of sp³-hybridized carbons (Fsp3) is 0.571. The van der Waals surface area contributed by atoms with E-state index in [1.165, 1.54) is 36.3 Å². The number of allylic oxidation sites excluding steroid dienone is 2. The van der Waals surface area contributed by atoms with Gasteiger partial charge in [0.25, 0.3) is 5.70 Å². The second-order valence-corrected chi connectivity index (χ2v) is 3.85. The van der Waals surface area contributed by atoms with Gasteiger partial charge in [0.2, 0.25) is 0 Å². The molecule has 0 amide bonds. The van der Waals surface area contributed by atoms with Crippen molar-refractivity contribution in [1.29, 1.82) is 0 Å². The van der Waals surface area contributed by atoms with Gasteiger partial charge >= 0.3 is 5.17 Å². The quantitative estimate of drug-likeness (QED) is 0.489. The van der Waals surface area contributed by atoms with Gasteiger partial charge < -0.3 is 24.0 Å². The molecule has 2 aliphatic rings. The first kappa shape index (κ1) is 9.54. The van der Waals surface area contributed by atoms with Crippen molar-refractivity contribution in [2.75, 3.05) is 0 Å². The van der Waals surface area contributed by atoms with Crippen LogP contribution in [0.4, 0.5) is 0 Å². The van der Waals surface area contributed by atoms with Crippen LogP contribution in [0.2, 0.25) is 0 Å². The fourth-order valence-corrected chi connectivity index (χ4v) is 2.36. The molecule has 0 atom stereocenters. The van der Waals surface area contributed by atoms with E-state index in [-0.39, 0.29) is 24.0 Å². The molecule has 0 spiro atoms. The topological polar surface area (TPSA) is 41.7 Å². The van der Waals surface area contributed by atoms with Crippen LogP contribution in [0.15, 0.2) is 10.6 Å². The minimum absolute atomic E-state index is 0. The lowest BCUT2D eigenvalue weighted by molar-refractivity contribution is -0.206. The molecule has 0 aromatic carbocycles. The number of thioether (sulfide) groups is 1. The van der Waals surface area contributed by atoms with Gasteiger partial charge in [-0.3, -0.25) is 5.73 Å². The van der Waals surface area contributed by atoms with Crippen molar-refractivity contribution in [3.8, 4) is 0 Å². The van der Waals surface area contributed by atoms with E-state index < -0.39 is 0 Å². The molecule has 0 fully saturated rings. The highest BCUT2D eigenvalue weighted by Crippen LogP contribution is 2.34. The number of rotatable bonds is 0. The zero-order valence-electron chi connectivity index (χ0n) is 6.27. The van der Waals surface area contributed by atoms with Crippen LogP contribution in [0.3, 0.4) is 0 Å². The molecular weight excluding hydrogens is 271 g/mol. The lowest BCUT2D eigenvalue weighted by Gasteiger charge is -2.02. The minimum Gasteiger partial charge on any atom is -1.00 e. The van der Waals surface area contributed by atoms with Gasteiger partial charge in [-0.25, -0.2) is 0 Å². The summed E-state index contributed by atoms with van der Waals surface area (Å²) in [5, 5.41) is 0.993. The largest absolute Gasteiger partial charge is 1.00 e. The average molecular weight is 282 g/mol. The maximum Gasteiger partial charge on any atom is 0.471 e. The first-order chi connectivity index (χ1) is 4.86. The molecule has 0 unspecified atom stereocenters. The van der Waals surface area contributed by atoms with Gasteiger partial charge in [0.05, 0.1) is 16.7 Å². The molecule has 0 saturated heterocycles. The Morgan fingerprint density at radius 2 is 2.00 bits per heavy atom. The predicted molar refractivity (Wildman–Crippen MR) is 43.1 cm³/mol. The molecule has 0 saturated carbocycles. The Balaban J connectivity index is 0.000000605. The molecular formula is C7H11IN2S+. The Hall–Kier alpha value is 0.450. The maximum absolute atomic E-state index is 4.36. The summed E-state index contributed by atoms with van der Waals surface area (Å²) in [5.74, 6) is 0. The standard InChI is InChI=1S/C7H10N2S.HI/c8-7-9-5-3-1-2-4-6(5)10-7;/h1-4,8H2;1H/q+1;. The van der Waals surface area contributed by atoms with E-state index in [2.05, 4.69) is 10.7 Å². The van der Waals surface area contributed by atoms with Crippen molar-refractivity contribution in [1.82, 2.24) is 4.99 Å². The Labute approximate surface area is 87.7 Å². The van der Waals surface area contributed by atoms with Gasteiger partial charge in [-0.15, -0.1) is 0 Å². The predicted octanol–water partition coefficient (Wildman–Crippen LogP) is -2.54. The van der Waals surface area contributed by atoms with Gasteiger partial charge in [-0.1, -0.05) is 0 Å². The molecule has 0 aromatic heterocycles. The zero-order chi connectivity index (χ0) is 6.97. The summed E-state index contributed by atoms with van der Waals surface area (Å²) in [7, 11) is 0. The Bertz CT molecular complexity index is 222. The van der Waals surface area contributed by atoms with Crippen LogP contribution in [-0.4, -0.2) is 5.17 Å². The van der Waals surface area contributed by atoms with Crippen LogP contribution in [0, 0.1) is 0 Å². The molecule has 3 N–H and O–H groups in total. The van der Waals surface area contributed by atoms with Gasteiger partial charge in [0, 0.05) is 6.42 Å². The second-order valence-electron chi connectivity index (χ2n) is 2.68. The third-order valence-electron chi connectivity index (χ3n) is 1.89. The molecule has 2 nitrogen and oxygen atoms in total. The van der Waals surface area contributed by atoms with Crippen LogP contribution in [-0.2, 0) is 0 Å². The smallest absolute Gasteiger partial charge is 0.471 e. The number of nitrogens with zero attached hydrogens (tertiary/aromatic N) is 1. The molecule has 1 radical (unpaired) electrons. The number of quaternary nitrogens is 1. The summed E-state index contributed by atoms with van der Waals surface area (Å²) < 4.78 is 0. The average Bonchev–Trinajstić information content (AvgIpc) is 2.27. The van der Waals surface area contributed by atoms with Crippen LogP contribution in [0.25, 0.3) is 0 Å². The van der Waals surface area contributed by atoms with Gasteiger partial charge in [-0.2, -0.15) is 0 Å². The summed E-state index contributed by atoms with van der Waals surface area (Å²) >= 11 is 1.77. The minimum atomic E-state index is 0. The number of hydrogen-bond acceptors (Lipinski definition) is 2. The highest BCUT2D eigenvalue weighted by atomic mass is 127. The lowest BCUT2D eigenvalue weighted by atomic mass is 10.1. The highest BCUT2D eigenvalue weighted by Gasteiger charge is 2.33. The van der Waals surface area contributed by atoms with E-state index in [4.69, 9.17) is 0 Å². The summed E-state index contributed by atoms with van der Waals surface area (Å²) in [6.45, 7) is 0. The first-order valence-electron chi connectivity index (χ1n) is 3.67. The summed E-state index contributed by atoms with van der Waals surface area (Å²) in [4.78, 5) is 5.84. The lowest BCUT2D eigenvalue weighted by Crippen LogP contribution is -3.00. The molecule has 1 aliphatic heterocycles. The van der Waals surface area contributed by atoms with Gasteiger partial charge in [0.1, 0.15) is 4.99 Å². The third-order valence-corrected chi connectivity index (χ3v) is 2.90. The van der Waals surface area contributed by atoms with Gasteiger partial charge in [-0.05, 0) is 19.3 Å². The Morgan fingerprint density at radius 3 is 2.73 bits per heavy atom. The van der Waals surface area contributed by atoms with E-state index in [1.807, 2.05) is 0 Å². The van der Waals surface area contributed by atoms with E-state index in [0.717, 1.165) is 5.17 Å². The molecule has 4 heteroatoms. The summed E-state index contributed by atoms with van der Waals surface area (Å²) in [5.41, 5.74) is 5.15. The maximum atomic E-state index is 4.36. The molecule has 1 heterocycles. The SMILES string of the molecule is [I-].[NH3+]C1=[N+]C2=C(CCCC2)S1. The number of halogens is 1.